The zero-order chi connectivity index (χ0) is 63.8. The van der Waals surface area contributed by atoms with Gasteiger partial charge >= 0.3 is 0 Å². The minimum Gasteiger partial charge on any atom is -0.340 e. The standard InChI is InChI=1S/C92H73N3/c1-44(2)41-93-69-35-63(47-19-23-49(24-20-47)91(7,8)9)53-17-13-15-51-59-31-27-55-57-29-33-61-62-34-30-58-56-28-32-60-52-16-14-18-54-64(48-21-25-50(26-22-48)92(10,11)12)36-70-86(76(52)54)88-72(94(70)42-45(3)4)38-66(78(56)82(60)88)68-40-74-90(84(62)80(58)68)89-73(95(74)43-46(5)6)39-67(79(57)83(61)89)65-37-71(93)87(81(59)77(55)65)85(69)75(51)53/h13-40,44-46H,41-43H2,1-12H3. The highest BCUT2D eigenvalue weighted by atomic mass is 15.0. The van der Waals surface area contributed by atoms with Crippen LogP contribution in [-0.4, -0.2) is 13.7 Å². The molecule has 3 heteroatoms. The topological polar surface area (TPSA) is 14.8 Å². The van der Waals surface area contributed by atoms with Crippen molar-refractivity contribution < 1.29 is 0 Å². The van der Waals surface area contributed by atoms with E-state index in [1.54, 1.807) is 0 Å². The minimum absolute atomic E-state index is 0.0761. The highest BCUT2D eigenvalue weighted by Gasteiger charge is 2.34. The minimum atomic E-state index is 0.0761. The van der Waals surface area contributed by atoms with Crippen LogP contribution >= 0.6 is 0 Å². The van der Waals surface area contributed by atoms with Crippen LogP contribution in [0.15, 0.2) is 170 Å². The summed E-state index contributed by atoms with van der Waals surface area (Å²) in [5.74, 6) is 1.29. The Balaban J connectivity index is 0.880. The maximum atomic E-state index is 2.78. The lowest BCUT2D eigenvalue weighted by Gasteiger charge is -2.22. The molecule has 0 atom stereocenters. The van der Waals surface area contributed by atoms with E-state index in [0.29, 0.717) is 17.8 Å². The molecule has 0 amide bonds. The molecule has 0 aliphatic carbocycles. The molecule has 22 aromatic rings. The molecule has 0 saturated carbocycles. The van der Waals surface area contributed by atoms with Crippen molar-refractivity contribution in [2.75, 3.05) is 0 Å². The molecule has 0 spiro atoms. The summed E-state index contributed by atoms with van der Waals surface area (Å²) in [5.41, 5.74) is 16.2. The van der Waals surface area contributed by atoms with Gasteiger partial charge in [0.15, 0.2) is 0 Å². The maximum Gasteiger partial charge on any atom is 0.0504 e. The van der Waals surface area contributed by atoms with Crippen LogP contribution in [0.1, 0.15) is 94.2 Å². The van der Waals surface area contributed by atoms with Crippen molar-refractivity contribution in [1.82, 2.24) is 13.7 Å². The predicted molar refractivity (Wildman–Crippen MR) is 415 cm³/mol. The van der Waals surface area contributed by atoms with Crippen LogP contribution in [0.4, 0.5) is 0 Å². The molecule has 0 N–H and O–H groups in total. The third kappa shape index (κ3) is 6.37. The van der Waals surface area contributed by atoms with Crippen LogP contribution in [0.3, 0.4) is 0 Å². The van der Waals surface area contributed by atoms with Gasteiger partial charge in [0.1, 0.15) is 0 Å². The van der Waals surface area contributed by atoms with Crippen LogP contribution in [0.25, 0.3) is 228 Å². The van der Waals surface area contributed by atoms with Crippen molar-refractivity contribution in [3.8, 4) is 22.3 Å². The third-order valence-electron chi connectivity index (χ3n) is 23.6. The highest BCUT2D eigenvalue weighted by molar-refractivity contribution is 6.54. The van der Waals surface area contributed by atoms with Crippen molar-refractivity contribution in [1.29, 1.82) is 0 Å². The summed E-state index contributed by atoms with van der Waals surface area (Å²) < 4.78 is 8.24. The molecule has 3 nitrogen and oxygen atoms in total. The van der Waals surface area contributed by atoms with Gasteiger partial charge in [-0.15, -0.1) is 0 Å². The summed E-state index contributed by atoms with van der Waals surface area (Å²) in [4.78, 5) is 0. The lowest BCUT2D eigenvalue weighted by molar-refractivity contribution is 0.545. The van der Waals surface area contributed by atoms with Crippen molar-refractivity contribution in [2.45, 2.75) is 114 Å². The van der Waals surface area contributed by atoms with E-state index in [2.05, 4.69) is 267 Å². The van der Waals surface area contributed by atoms with Gasteiger partial charge < -0.3 is 13.7 Å². The molecule has 0 fully saturated rings. The lowest BCUT2D eigenvalue weighted by atomic mass is 9.79. The van der Waals surface area contributed by atoms with E-state index >= 15 is 0 Å². The molecule has 456 valence electrons. The smallest absolute Gasteiger partial charge is 0.0504 e. The van der Waals surface area contributed by atoms with Crippen molar-refractivity contribution >= 4 is 205 Å². The molecule has 22 rings (SSSR count). The molecule has 95 heavy (non-hydrogen) atoms. The van der Waals surface area contributed by atoms with E-state index in [9.17, 15) is 0 Å². The molecule has 0 aliphatic rings. The first-order chi connectivity index (χ1) is 45.9. The fraction of sp³-hybridized carbons (Fsp3) is 0.217. The molecule has 0 bridgehead atoms. The first kappa shape index (κ1) is 53.4. The number of aromatic nitrogens is 3. The SMILES string of the molecule is CC(C)Cn1c2cc(-c3ccc(C(C)(C)C)cc3)c3cccc4c5ccc6c7ccc8c9ccc%10c%11ccc%12c%13cccc%14c(-c%15ccc(C(C)(C)C)cc%15)cc%15c(c%14%13)c%13c%12c%11c(cc%13n%15CC(C)C)c%11cc%12c(c9c%10%11)c9c8c7c(cc9n%12CC(C)C)c7cc1c(c5c67)c2c34. The van der Waals surface area contributed by atoms with Crippen molar-refractivity contribution in [3.63, 3.8) is 0 Å². The Morgan fingerprint density at radius 1 is 0.232 bits per heavy atom. The molecular formula is C92H73N3. The molecule has 0 aliphatic heterocycles. The van der Waals surface area contributed by atoms with E-state index in [1.807, 2.05) is 0 Å². The fourth-order valence-electron chi connectivity index (χ4n) is 19.9. The van der Waals surface area contributed by atoms with Gasteiger partial charge in [-0.05, 0) is 206 Å². The van der Waals surface area contributed by atoms with Gasteiger partial charge in [-0.2, -0.15) is 0 Å². The van der Waals surface area contributed by atoms with Gasteiger partial charge in [0.25, 0.3) is 0 Å². The maximum absolute atomic E-state index is 2.78. The average Bonchev–Trinajstić information content (AvgIpc) is 1.62. The van der Waals surface area contributed by atoms with Gasteiger partial charge in [-0.3, -0.25) is 0 Å². The largest absolute Gasteiger partial charge is 0.340 e. The van der Waals surface area contributed by atoms with Gasteiger partial charge in [0.05, 0.1) is 33.1 Å². The van der Waals surface area contributed by atoms with Crippen LogP contribution in [0.5, 0.6) is 0 Å². The van der Waals surface area contributed by atoms with Crippen LogP contribution < -0.4 is 0 Å². The van der Waals surface area contributed by atoms with Crippen LogP contribution in [0, 0.1) is 17.8 Å². The van der Waals surface area contributed by atoms with Gasteiger partial charge in [-0.25, -0.2) is 0 Å². The van der Waals surface area contributed by atoms with Crippen LogP contribution in [-0.2, 0) is 30.5 Å². The van der Waals surface area contributed by atoms with Gasteiger partial charge in [0.2, 0.25) is 0 Å². The second kappa shape index (κ2) is 17.3. The molecule has 0 unspecified atom stereocenters. The van der Waals surface area contributed by atoms with E-state index in [4.69, 9.17) is 0 Å². The Bertz CT molecular complexity index is 6620. The van der Waals surface area contributed by atoms with Crippen LogP contribution in [0.2, 0.25) is 0 Å². The normalized spacial score (nSPS) is 13.9. The lowest BCUT2D eigenvalue weighted by Crippen LogP contribution is -2.10. The van der Waals surface area contributed by atoms with E-state index < -0.39 is 0 Å². The summed E-state index contributed by atoms with van der Waals surface area (Å²) in [6, 6.07) is 69.2. The Kier molecular flexibility index (Phi) is 9.73. The zero-order valence-electron chi connectivity index (χ0n) is 56.4. The number of hydrogen-bond acceptors (Lipinski definition) is 0. The Morgan fingerprint density at radius 2 is 0.453 bits per heavy atom. The Morgan fingerprint density at radius 3 is 0.716 bits per heavy atom. The fourth-order valence-corrected chi connectivity index (χ4v) is 19.9. The number of hydrogen-bond donors (Lipinski definition) is 0. The monoisotopic (exact) mass is 1220 g/mol. The van der Waals surface area contributed by atoms with Gasteiger partial charge in [-0.1, -0.05) is 217 Å². The first-order valence-corrected chi connectivity index (χ1v) is 35.2. The highest BCUT2D eigenvalue weighted by Crippen LogP contribution is 2.59. The van der Waals surface area contributed by atoms with E-state index in [1.165, 1.54) is 239 Å². The molecule has 0 saturated heterocycles. The summed E-state index contributed by atoms with van der Waals surface area (Å²) in [7, 11) is 0. The molecule has 3 heterocycles. The van der Waals surface area contributed by atoms with E-state index in [0.717, 1.165) is 19.6 Å². The summed E-state index contributed by atoms with van der Waals surface area (Å²) in [5, 5.41) is 44.4. The zero-order valence-corrected chi connectivity index (χ0v) is 56.4. The first-order valence-electron chi connectivity index (χ1n) is 35.2. The average molecular weight is 1220 g/mol. The predicted octanol–water partition coefficient (Wildman–Crippen LogP) is 26.4. The molecule has 3 aromatic heterocycles. The Hall–Kier alpha value is -9.96. The number of benzene rings is 19. The molecule has 19 aromatic carbocycles. The summed E-state index contributed by atoms with van der Waals surface area (Å²) in [6.45, 7) is 31.1. The van der Waals surface area contributed by atoms with Crippen molar-refractivity contribution in [2.24, 2.45) is 17.8 Å². The third-order valence-corrected chi connectivity index (χ3v) is 23.6. The second-order valence-electron chi connectivity index (χ2n) is 32.7. The number of nitrogens with zero attached hydrogens (tertiary/aromatic N) is 3. The van der Waals surface area contributed by atoms with Crippen molar-refractivity contribution in [3.05, 3.63) is 181 Å². The molecule has 0 radical (unpaired) electrons. The second-order valence-corrected chi connectivity index (χ2v) is 32.7. The quantitative estimate of drug-likeness (QED) is 0.106. The Labute approximate surface area is 550 Å². The number of rotatable bonds is 8. The summed E-state index contributed by atoms with van der Waals surface area (Å²) >= 11 is 0. The van der Waals surface area contributed by atoms with E-state index in [-0.39, 0.29) is 10.8 Å². The van der Waals surface area contributed by atoms with Gasteiger partial charge in [0, 0.05) is 84.3 Å². The molecular weight excluding hydrogens is 1150 g/mol. The summed E-state index contributed by atoms with van der Waals surface area (Å²) in [6.07, 6.45) is 0. The number of fused-ring (bicyclic) bond motifs is 7.